The van der Waals surface area contributed by atoms with Gasteiger partial charge in [-0.25, -0.2) is 0 Å². The molecule has 0 radical (unpaired) electrons. The zero-order valence-electron chi connectivity index (χ0n) is 8.99. The summed E-state index contributed by atoms with van der Waals surface area (Å²) in [5, 5.41) is 0. The van der Waals surface area contributed by atoms with E-state index in [1.165, 1.54) is 25.7 Å². The summed E-state index contributed by atoms with van der Waals surface area (Å²) in [6.45, 7) is 9.18. The minimum absolute atomic E-state index is 0.513. The van der Waals surface area contributed by atoms with E-state index in [2.05, 4.69) is 27.7 Å². The fourth-order valence-corrected chi connectivity index (χ4v) is 1.53. The Labute approximate surface area is 82.7 Å². The molecule has 0 heterocycles. The molecule has 74 valence electrons. The zero-order valence-corrected chi connectivity index (χ0v) is 9.75. The first-order valence-electron chi connectivity index (χ1n) is 5.11. The topological polar surface area (TPSA) is 0 Å². The molecule has 0 nitrogen and oxygen atoms in total. The van der Waals surface area contributed by atoms with Crippen LogP contribution >= 0.6 is 11.6 Å². The average Bonchev–Trinajstić information content (AvgIpc) is 2.06. The average molecular weight is 191 g/mol. The Hall–Kier alpha value is 0.290. The summed E-state index contributed by atoms with van der Waals surface area (Å²) in [5.41, 5.74) is 0.513. The van der Waals surface area contributed by atoms with E-state index in [0.717, 1.165) is 11.8 Å². The Kier molecular flexibility index (Phi) is 6.00. The van der Waals surface area contributed by atoms with Crippen molar-refractivity contribution in [3.8, 4) is 0 Å². The van der Waals surface area contributed by atoms with Gasteiger partial charge < -0.3 is 0 Å². The summed E-state index contributed by atoms with van der Waals surface area (Å²) in [4.78, 5) is 0. The van der Waals surface area contributed by atoms with E-state index in [0.29, 0.717) is 5.41 Å². The summed E-state index contributed by atoms with van der Waals surface area (Å²) in [6, 6.07) is 0. The van der Waals surface area contributed by atoms with Crippen LogP contribution in [0.25, 0.3) is 0 Å². The Morgan fingerprint density at radius 3 is 2.17 bits per heavy atom. The molecule has 0 bridgehead atoms. The van der Waals surface area contributed by atoms with Gasteiger partial charge in [-0.15, -0.1) is 11.6 Å². The highest BCUT2D eigenvalue weighted by Crippen LogP contribution is 2.29. The second-order valence-electron chi connectivity index (χ2n) is 4.49. The van der Waals surface area contributed by atoms with Crippen LogP contribution in [-0.2, 0) is 0 Å². The second kappa shape index (κ2) is 5.85. The lowest BCUT2D eigenvalue weighted by molar-refractivity contribution is 0.287. The maximum atomic E-state index is 5.84. The van der Waals surface area contributed by atoms with E-state index in [-0.39, 0.29) is 0 Å². The number of rotatable bonds is 6. The van der Waals surface area contributed by atoms with Gasteiger partial charge in [0.1, 0.15) is 0 Å². The van der Waals surface area contributed by atoms with Crippen LogP contribution in [0.1, 0.15) is 53.4 Å². The van der Waals surface area contributed by atoms with Gasteiger partial charge in [0.15, 0.2) is 0 Å². The van der Waals surface area contributed by atoms with Crippen LogP contribution in [0.2, 0.25) is 0 Å². The molecular formula is C11H23Cl. The molecule has 12 heavy (non-hydrogen) atoms. The molecule has 0 N–H and O–H groups in total. The maximum absolute atomic E-state index is 5.84. The van der Waals surface area contributed by atoms with Crippen molar-refractivity contribution in [2.45, 2.75) is 53.4 Å². The largest absolute Gasteiger partial charge is 0.126 e. The Balaban J connectivity index is 3.65. The highest BCUT2D eigenvalue weighted by atomic mass is 35.5. The highest BCUT2D eigenvalue weighted by Gasteiger charge is 2.16. The van der Waals surface area contributed by atoms with Gasteiger partial charge in [-0.3, -0.25) is 0 Å². The summed E-state index contributed by atoms with van der Waals surface area (Å²) in [7, 11) is 0. The van der Waals surface area contributed by atoms with Gasteiger partial charge in [-0.2, -0.15) is 0 Å². The number of halogens is 1. The first kappa shape index (κ1) is 12.3. The monoisotopic (exact) mass is 190 g/mol. The third-order valence-electron chi connectivity index (χ3n) is 2.98. The predicted octanol–water partition coefficient (Wildman–Crippen LogP) is 4.47. The van der Waals surface area contributed by atoms with E-state index in [9.17, 15) is 0 Å². The van der Waals surface area contributed by atoms with Gasteiger partial charge in [0.05, 0.1) is 0 Å². The third-order valence-corrected chi connectivity index (χ3v) is 3.42. The van der Waals surface area contributed by atoms with Crippen molar-refractivity contribution < 1.29 is 0 Å². The molecule has 0 saturated heterocycles. The second-order valence-corrected chi connectivity index (χ2v) is 4.79. The van der Waals surface area contributed by atoms with E-state index in [1.807, 2.05) is 0 Å². The molecule has 0 aliphatic heterocycles. The Morgan fingerprint density at radius 1 is 1.25 bits per heavy atom. The van der Waals surface area contributed by atoms with E-state index in [4.69, 9.17) is 11.6 Å². The lowest BCUT2D eigenvalue weighted by Gasteiger charge is -2.24. The van der Waals surface area contributed by atoms with Gasteiger partial charge >= 0.3 is 0 Å². The molecule has 1 heteroatoms. The first-order chi connectivity index (χ1) is 5.55. The van der Waals surface area contributed by atoms with Crippen molar-refractivity contribution in [1.82, 2.24) is 0 Å². The maximum Gasteiger partial charge on any atom is 0.0251 e. The molecule has 0 aromatic carbocycles. The molecule has 0 spiro atoms. The first-order valence-corrected chi connectivity index (χ1v) is 5.65. The molecule has 0 aliphatic rings. The van der Waals surface area contributed by atoms with Crippen molar-refractivity contribution in [3.63, 3.8) is 0 Å². The zero-order chi connectivity index (χ0) is 9.61. The van der Waals surface area contributed by atoms with Crippen LogP contribution in [0.3, 0.4) is 0 Å². The van der Waals surface area contributed by atoms with E-state index >= 15 is 0 Å². The van der Waals surface area contributed by atoms with Crippen LogP contribution in [0.15, 0.2) is 0 Å². The predicted molar refractivity (Wildman–Crippen MR) is 57.8 cm³/mol. The molecule has 0 aromatic heterocycles. The van der Waals surface area contributed by atoms with E-state index < -0.39 is 0 Å². The van der Waals surface area contributed by atoms with Crippen molar-refractivity contribution >= 4 is 11.6 Å². The molecule has 0 aromatic rings. The van der Waals surface area contributed by atoms with Gasteiger partial charge in [0.25, 0.3) is 0 Å². The fraction of sp³-hybridized carbons (Fsp3) is 1.00. The lowest BCUT2D eigenvalue weighted by Crippen LogP contribution is -2.12. The van der Waals surface area contributed by atoms with Gasteiger partial charge in [-0.1, -0.05) is 40.5 Å². The molecular weight excluding hydrogens is 168 g/mol. The van der Waals surface area contributed by atoms with Crippen LogP contribution in [-0.4, -0.2) is 5.88 Å². The smallest absolute Gasteiger partial charge is 0.0251 e. The Bertz CT molecular complexity index is 104. The summed E-state index contributed by atoms with van der Waals surface area (Å²) in [5.74, 6) is 1.56. The summed E-state index contributed by atoms with van der Waals surface area (Å²) < 4.78 is 0. The van der Waals surface area contributed by atoms with Gasteiger partial charge in [0, 0.05) is 5.88 Å². The van der Waals surface area contributed by atoms with Gasteiger partial charge in [0.2, 0.25) is 0 Å². The standard InChI is InChI=1S/C11H23Cl/c1-5-10(9-12)7-8-11(3,4)6-2/h10H,5-9H2,1-4H3. The third kappa shape index (κ3) is 5.03. The highest BCUT2D eigenvalue weighted by molar-refractivity contribution is 6.18. The molecule has 1 atom stereocenters. The molecule has 1 unspecified atom stereocenters. The van der Waals surface area contributed by atoms with Crippen LogP contribution < -0.4 is 0 Å². The fourth-order valence-electron chi connectivity index (χ4n) is 1.16. The number of alkyl halides is 1. The van der Waals surface area contributed by atoms with Crippen molar-refractivity contribution in [2.75, 3.05) is 5.88 Å². The number of hydrogen-bond donors (Lipinski definition) is 0. The van der Waals surface area contributed by atoms with Crippen molar-refractivity contribution in [2.24, 2.45) is 11.3 Å². The van der Waals surface area contributed by atoms with Gasteiger partial charge in [-0.05, 0) is 24.2 Å². The molecule has 0 aliphatic carbocycles. The SMILES string of the molecule is CCC(CCl)CCC(C)(C)CC. The summed E-state index contributed by atoms with van der Waals surface area (Å²) in [6.07, 6.45) is 5.10. The minimum Gasteiger partial charge on any atom is -0.126 e. The van der Waals surface area contributed by atoms with Crippen LogP contribution in [0.5, 0.6) is 0 Å². The lowest BCUT2D eigenvalue weighted by atomic mass is 9.82. The normalized spacial score (nSPS) is 14.8. The minimum atomic E-state index is 0.513. The molecule has 0 rings (SSSR count). The molecule has 0 saturated carbocycles. The van der Waals surface area contributed by atoms with E-state index in [1.54, 1.807) is 0 Å². The van der Waals surface area contributed by atoms with Crippen molar-refractivity contribution in [1.29, 1.82) is 0 Å². The van der Waals surface area contributed by atoms with Crippen molar-refractivity contribution in [3.05, 3.63) is 0 Å². The molecule has 0 amide bonds. The number of hydrogen-bond acceptors (Lipinski definition) is 0. The quantitative estimate of drug-likeness (QED) is 0.543. The Morgan fingerprint density at radius 2 is 1.83 bits per heavy atom. The molecule has 0 fully saturated rings. The van der Waals surface area contributed by atoms with Crippen LogP contribution in [0.4, 0.5) is 0 Å². The van der Waals surface area contributed by atoms with Crippen LogP contribution in [0, 0.1) is 11.3 Å². The summed E-state index contributed by atoms with van der Waals surface area (Å²) >= 11 is 5.84.